The van der Waals surface area contributed by atoms with Crippen LogP contribution in [0.15, 0.2) is 18.2 Å². The van der Waals surface area contributed by atoms with Crippen molar-refractivity contribution in [3.05, 3.63) is 33.9 Å². The van der Waals surface area contributed by atoms with Crippen LogP contribution < -0.4 is 5.32 Å². The second-order valence-electron chi connectivity index (χ2n) is 5.37. The molecule has 1 amide bonds. The van der Waals surface area contributed by atoms with Gasteiger partial charge in [0.15, 0.2) is 0 Å². The fraction of sp³-hybridized carbons (Fsp3) is 0.500. The summed E-state index contributed by atoms with van der Waals surface area (Å²) in [4.78, 5) is 24.0. The van der Waals surface area contributed by atoms with Crippen LogP contribution in [0.1, 0.15) is 29.6 Å². The molecule has 20 heavy (non-hydrogen) atoms. The van der Waals surface area contributed by atoms with Crippen molar-refractivity contribution in [1.29, 1.82) is 0 Å². The minimum Gasteiger partial charge on any atom is -0.379 e. The third kappa shape index (κ3) is 3.07. The highest BCUT2D eigenvalue weighted by Gasteiger charge is 2.21. The maximum atomic E-state index is 11.9. The number of benzene rings is 1. The van der Waals surface area contributed by atoms with Crippen molar-refractivity contribution in [2.75, 3.05) is 26.0 Å². The third-order valence-electron chi connectivity index (χ3n) is 3.65. The number of nitrogens with one attached hydrogen (secondary N) is 1. The molecule has 0 saturated heterocycles. The molecule has 0 unspecified atom stereocenters. The van der Waals surface area contributed by atoms with Gasteiger partial charge in [-0.3, -0.25) is 14.9 Å². The first-order chi connectivity index (χ1) is 9.49. The van der Waals surface area contributed by atoms with Crippen LogP contribution in [0.4, 0.5) is 11.4 Å². The van der Waals surface area contributed by atoms with Gasteiger partial charge in [-0.05, 0) is 30.9 Å². The second-order valence-corrected chi connectivity index (χ2v) is 5.37. The van der Waals surface area contributed by atoms with Gasteiger partial charge in [-0.1, -0.05) is 6.42 Å². The molecule has 1 aliphatic carbocycles. The number of hydrogen-bond acceptors (Lipinski definition) is 4. The highest BCUT2D eigenvalue weighted by atomic mass is 16.6. The van der Waals surface area contributed by atoms with Crippen LogP contribution in [-0.2, 0) is 0 Å². The maximum absolute atomic E-state index is 11.9. The summed E-state index contributed by atoms with van der Waals surface area (Å²) >= 11 is 0. The number of carbonyl (C=O) groups is 1. The lowest BCUT2D eigenvalue weighted by Gasteiger charge is -2.25. The number of nitro benzene ring substituents is 1. The Morgan fingerprint density at radius 3 is 2.65 bits per heavy atom. The van der Waals surface area contributed by atoms with E-state index in [0.29, 0.717) is 17.2 Å². The summed E-state index contributed by atoms with van der Waals surface area (Å²) in [5.74, 6) is 0.425. The SMILES string of the molecule is CN(C)C(=O)c1ccc([N+](=O)[O-])c(NCC2CCC2)c1. The Morgan fingerprint density at radius 1 is 1.45 bits per heavy atom. The predicted octanol–water partition coefficient (Wildman–Crippen LogP) is 2.51. The average molecular weight is 277 g/mol. The minimum atomic E-state index is -0.424. The van der Waals surface area contributed by atoms with Crippen molar-refractivity contribution in [2.24, 2.45) is 5.92 Å². The molecule has 1 aromatic carbocycles. The summed E-state index contributed by atoms with van der Waals surface area (Å²) < 4.78 is 0. The van der Waals surface area contributed by atoms with Crippen LogP contribution in [0.5, 0.6) is 0 Å². The summed E-state index contributed by atoms with van der Waals surface area (Å²) in [6, 6.07) is 4.45. The topological polar surface area (TPSA) is 75.5 Å². The first kappa shape index (κ1) is 14.3. The molecule has 0 aliphatic heterocycles. The van der Waals surface area contributed by atoms with Crippen LogP contribution in [0.25, 0.3) is 0 Å². The zero-order valence-electron chi connectivity index (χ0n) is 11.8. The second kappa shape index (κ2) is 5.90. The number of anilines is 1. The van der Waals surface area contributed by atoms with Gasteiger partial charge in [-0.25, -0.2) is 0 Å². The Morgan fingerprint density at radius 2 is 2.15 bits per heavy atom. The summed E-state index contributed by atoms with van der Waals surface area (Å²) in [5, 5.41) is 14.2. The van der Waals surface area contributed by atoms with Crippen LogP contribution in [0.3, 0.4) is 0 Å². The first-order valence-corrected chi connectivity index (χ1v) is 6.73. The summed E-state index contributed by atoms with van der Waals surface area (Å²) in [7, 11) is 3.32. The van der Waals surface area contributed by atoms with E-state index in [4.69, 9.17) is 0 Å². The van der Waals surface area contributed by atoms with Crippen molar-refractivity contribution in [2.45, 2.75) is 19.3 Å². The third-order valence-corrected chi connectivity index (χ3v) is 3.65. The molecule has 6 heteroatoms. The van der Waals surface area contributed by atoms with Gasteiger partial charge in [-0.2, -0.15) is 0 Å². The first-order valence-electron chi connectivity index (χ1n) is 6.73. The number of hydrogen-bond donors (Lipinski definition) is 1. The van der Waals surface area contributed by atoms with E-state index in [1.165, 1.54) is 23.5 Å². The predicted molar refractivity (Wildman–Crippen MR) is 76.9 cm³/mol. The summed E-state index contributed by atoms with van der Waals surface area (Å²) in [6.45, 7) is 0.723. The van der Waals surface area contributed by atoms with Crippen molar-refractivity contribution in [3.8, 4) is 0 Å². The van der Waals surface area contributed by atoms with Gasteiger partial charge in [0, 0.05) is 32.3 Å². The monoisotopic (exact) mass is 277 g/mol. The molecule has 0 bridgehead atoms. The minimum absolute atomic E-state index is 0.0135. The largest absolute Gasteiger partial charge is 0.379 e. The molecule has 1 saturated carbocycles. The fourth-order valence-electron chi connectivity index (χ4n) is 2.18. The van der Waals surface area contributed by atoms with Crippen molar-refractivity contribution >= 4 is 17.3 Å². The molecular formula is C14H19N3O3. The molecule has 0 aromatic heterocycles. The van der Waals surface area contributed by atoms with Crippen molar-refractivity contribution < 1.29 is 9.72 Å². The molecule has 1 aromatic rings. The van der Waals surface area contributed by atoms with Crippen LogP contribution in [0, 0.1) is 16.0 Å². The van der Waals surface area contributed by atoms with Gasteiger partial charge >= 0.3 is 0 Å². The Bertz CT molecular complexity index is 524. The molecule has 6 nitrogen and oxygen atoms in total. The molecule has 2 rings (SSSR count). The van der Waals surface area contributed by atoms with Crippen molar-refractivity contribution in [1.82, 2.24) is 4.90 Å². The van der Waals surface area contributed by atoms with E-state index < -0.39 is 4.92 Å². The van der Waals surface area contributed by atoms with E-state index in [1.54, 1.807) is 20.2 Å². The Kier molecular flexibility index (Phi) is 4.22. The number of amides is 1. The van der Waals surface area contributed by atoms with Gasteiger partial charge in [-0.15, -0.1) is 0 Å². The van der Waals surface area contributed by atoms with E-state index in [1.807, 2.05) is 0 Å². The lowest BCUT2D eigenvalue weighted by atomic mass is 9.85. The lowest BCUT2D eigenvalue weighted by molar-refractivity contribution is -0.384. The van der Waals surface area contributed by atoms with E-state index in [9.17, 15) is 14.9 Å². The van der Waals surface area contributed by atoms with Crippen LogP contribution in [-0.4, -0.2) is 36.4 Å². The van der Waals surface area contributed by atoms with Gasteiger partial charge in [0.2, 0.25) is 0 Å². The molecular weight excluding hydrogens is 258 g/mol. The van der Waals surface area contributed by atoms with E-state index >= 15 is 0 Å². The number of carbonyl (C=O) groups excluding carboxylic acids is 1. The maximum Gasteiger partial charge on any atom is 0.292 e. The fourth-order valence-corrected chi connectivity index (χ4v) is 2.18. The number of nitrogens with zero attached hydrogens (tertiary/aromatic N) is 2. The van der Waals surface area contributed by atoms with Crippen LogP contribution in [0.2, 0.25) is 0 Å². The van der Waals surface area contributed by atoms with Crippen LogP contribution >= 0.6 is 0 Å². The molecule has 108 valence electrons. The summed E-state index contributed by atoms with van der Waals surface area (Å²) in [6.07, 6.45) is 3.56. The molecule has 1 N–H and O–H groups in total. The normalized spacial score (nSPS) is 14.5. The number of rotatable bonds is 5. The molecule has 0 atom stereocenters. The smallest absolute Gasteiger partial charge is 0.292 e. The van der Waals surface area contributed by atoms with Gasteiger partial charge in [0.1, 0.15) is 5.69 Å². The summed E-state index contributed by atoms with van der Waals surface area (Å²) in [5.41, 5.74) is 0.894. The standard InChI is InChI=1S/C14H19N3O3/c1-16(2)14(18)11-6-7-13(17(19)20)12(8-11)15-9-10-4-3-5-10/h6-8,10,15H,3-5,9H2,1-2H3. The molecule has 0 radical (unpaired) electrons. The van der Waals surface area contributed by atoms with Crippen molar-refractivity contribution in [3.63, 3.8) is 0 Å². The van der Waals surface area contributed by atoms with Gasteiger partial charge in [0.25, 0.3) is 11.6 Å². The van der Waals surface area contributed by atoms with E-state index in [2.05, 4.69) is 5.32 Å². The molecule has 1 fully saturated rings. The molecule has 0 spiro atoms. The Hall–Kier alpha value is -2.11. The highest BCUT2D eigenvalue weighted by Crippen LogP contribution is 2.30. The zero-order chi connectivity index (χ0) is 14.7. The zero-order valence-corrected chi connectivity index (χ0v) is 11.8. The molecule has 0 heterocycles. The van der Waals surface area contributed by atoms with E-state index in [-0.39, 0.29) is 11.6 Å². The highest BCUT2D eigenvalue weighted by molar-refractivity contribution is 5.95. The lowest BCUT2D eigenvalue weighted by Crippen LogP contribution is -2.23. The quantitative estimate of drug-likeness (QED) is 0.662. The Labute approximate surface area is 117 Å². The average Bonchev–Trinajstić information content (AvgIpc) is 2.35. The molecule has 1 aliphatic rings. The number of nitro groups is 1. The Balaban J connectivity index is 2.21. The van der Waals surface area contributed by atoms with Gasteiger partial charge < -0.3 is 10.2 Å². The van der Waals surface area contributed by atoms with Gasteiger partial charge in [0.05, 0.1) is 4.92 Å². The van der Waals surface area contributed by atoms with E-state index in [0.717, 1.165) is 19.4 Å².